The molecule has 2 aromatic rings. The van der Waals surface area contributed by atoms with E-state index in [4.69, 9.17) is 9.52 Å². The van der Waals surface area contributed by atoms with E-state index in [1.165, 1.54) is 5.56 Å². The first-order chi connectivity index (χ1) is 11.0. The molecule has 1 amide bonds. The summed E-state index contributed by atoms with van der Waals surface area (Å²) in [5.74, 6) is 1.24. The molecule has 1 aromatic carbocycles. The molecule has 0 saturated carbocycles. The zero-order valence-electron chi connectivity index (χ0n) is 13.9. The lowest BCUT2D eigenvalue weighted by atomic mass is 10.1. The van der Waals surface area contributed by atoms with Gasteiger partial charge >= 0.3 is 0 Å². The van der Waals surface area contributed by atoms with Crippen LogP contribution in [-0.4, -0.2) is 28.6 Å². The number of hydrogen-bond donors (Lipinski definition) is 2. The molecule has 2 unspecified atom stereocenters. The number of aromatic nitrogens is 1. The molecule has 5 nitrogen and oxygen atoms in total. The molecule has 124 valence electrons. The van der Waals surface area contributed by atoms with Crippen LogP contribution in [0, 0.1) is 12.8 Å². The topological polar surface area (TPSA) is 75.4 Å². The molecule has 0 bridgehead atoms. The number of rotatable bonds is 7. The van der Waals surface area contributed by atoms with Gasteiger partial charge in [0.25, 0.3) is 0 Å². The number of carbonyl (C=O) groups excluding carboxylic acids is 1. The van der Waals surface area contributed by atoms with Crippen molar-refractivity contribution in [3.05, 3.63) is 41.9 Å². The SMILES string of the molecule is Cc1ccc(-c2cnc(CCC(=O)NC(C)C(C)CO)o2)cc1. The minimum atomic E-state index is -0.0621. The van der Waals surface area contributed by atoms with E-state index in [9.17, 15) is 4.79 Å². The molecular formula is C18H24N2O3. The Morgan fingerprint density at radius 2 is 2.00 bits per heavy atom. The van der Waals surface area contributed by atoms with Gasteiger partial charge in [0.1, 0.15) is 0 Å². The van der Waals surface area contributed by atoms with Gasteiger partial charge in [-0.05, 0) is 19.8 Å². The van der Waals surface area contributed by atoms with Crippen LogP contribution in [0.5, 0.6) is 0 Å². The number of aryl methyl sites for hydroxylation is 2. The van der Waals surface area contributed by atoms with Crippen molar-refractivity contribution in [3.63, 3.8) is 0 Å². The molecule has 0 spiro atoms. The summed E-state index contributed by atoms with van der Waals surface area (Å²) in [6.45, 7) is 5.88. The summed E-state index contributed by atoms with van der Waals surface area (Å²) in [6, 6.07) is 7.97. The number of hydrogen-bond acceptors (Lipinski definition) is 4. The average Bonchev–Trinajstić information content (AvgIpc) is 3.01. The van der Waals surface area contributed by atoms with E-state index < -0.39 is 0 Å². The van der Waals surface area contributed by atoms with Crippen molar-refractivity contribution in [2.45, 2.75) is 39.7 Å². The molecule has 0 aliphatic carbocycles. The van der Waals surface area contributed by atoms with Crippen LogP contribution in [0.15, 0.2) is 34.9 Å². The lowest BCUT2D eigenvalue weighted by Crippen LogP contribution is -2.38. The standard InChI is InChI=1S/C18H24N2O3/c1-12-4-6-15(7-5-12)16-10-19-18(23-16)9-8-17(22)20-14(3)13(2)11-21/h4-7,10,13-14,21H,8-9,11H2,1-3H3,(H,20,22). The Labute approximate surface area is 136 Å². The zero-order chi connectivity index (χ0) is 16.8. The van der Waals surface area contributed by atoms with Crippen LogP contribution >= 0.6 is 0 Å². The molecule has 23 heavy (non-hydrogen) atoms. The zero-order valence-corrected chi connectivity index (χ0v) is 13.9. The number of amides is 1. The normalized spacial score (nSPS) is 13.6. The van der Waals surface area contributed by atoms with E-state index in [0.717, 1.165) is 5.56 Å². The number of oxazole rings is 1. The van der Waals surface area contributed by atoms with Crippen molar-refractivity contribution in [1.29, 1.82) is 0 Å². The maximum absolute atomic E-state index is 11.9. The Bertz CT molecular complexity index is 634. The summed E-state index contributed by atoms with van der Waals surface area (Å²) < 4.78 is 5.70. The Kier molecular flexibility index (Phi) is 5.93. The highest BCUT2D eigenvalue weighted by atomic mass is 16.4. The van der Waals surface area contributed by atoms with Gasteiger partial charge in [-0.15, -0.1) is 0 Å². The molecule has 2 N–H and O–H groups in total. The van der Waals surface area contributed by atoms with Crippen molar-refractivity contribution in [2.75, 3.05) is 6.61 Å². The number of aliphatic hydroxyl groups is 1. The van der Waals surface area contributed by atoms with Crippen LogP contribution in [-0.2, 0) is 11.2 Å². The number of nitrogens with one attached hydrogen (secondary N) is 1. The summed E-state index contributed by atoms with van der Waals surface area (Å²) >= 11 is 0. The van der Waals surface area contributed by atoms with E-state index in [0.29, 0.717) is 24.5 Å². The van der Waals surface area contributed by atoms with Crippen molar-refractivity contribution in [2.24, 2.45) is 5.92 Å². The highest BCUT2D eigenvalue weighted by Gasteiger charge is 2.15. The molecule has 1 heterocycles. The molecule has 0 radical (unpaired) electrons. The lowest BCUT2D eigenvalue weighted by molar-refractivity contribution is -0.122. The van der Waals surface area contributed by atoms with Crippen molar-refractivity contribution in [3.8, 4) is 11.3 Å². The van der Waals surface area contributed by atoms with Gasteiger partial charge < -0.3 is 14.8 Å². The minimum absolute atomic E-state index is 0.0360. The first kappa shape index (κ1) is 17.2. The quantitative estimate of drug-likeness (QED) is 0.823. The second-order valence-corrected chi connectivity index (χ2v) is 6.00. The Balaban J connectivity index is 1.87. The maximum Gasteiger partial charge on any atom is 0.220 e. The second-order valence-electron chi connectivity index (χ2n) is 6.00. The fourth-order valence-corrected chi connectivity index (χ4v) is 2.12. The minimum Gasteiger partial charge on any atom is -0.441 e. The smallest absolute Gasteiger partial charge is 0.220 e. The summed E-state index contributed by atoms with van der Waals surface area (Å²) in [4.78, 5) is 16.1. The summed E-state index contributed by atoms with van der Waals surface area (Å²) in [5.41, 5.74) is 2.17. The molecule has 0 fully saturated rings. The van der Waals surface area contributed by atoms with Gasteiger partial charge in [-0.1, -0.05) is 36.8 Å². The van der Waals surface area contributed by atoms with Gasteiger partial charge in [0.2, 0.25) is 5.91 Å². The van der Waals surface area contributed by atoms with E-state index in [1.807, 2.05) is 45.0 Å². The Morgan fingerprint density at radius 3 is 2.65 bits per heavy atom. The van der Waals surface area contributed by atoms with Crippen LogP contribution in [0.4, 0.5) is 0 Å². The largest absolute Gasteiger partial charge is 0.441 e. The first-order valence-electron chi connectivity index (χ1n) is 7.91. The predicted molar refractivity (Wildman–Crippen MR) is 88.9 cm³/mol. The van der Waals surface area contributed by atoms with Crippen LogP contribution in [0.2, 0.25) is 0 Å². The van der Waals surface area contributed by atoms with Crippen molar-refractivity contribution in [1.82, 2.24) is 10.3 Å². The first-order valence-corrected chi connectivity index (χ1v) is 7.91. The molecule has 0 aliphatic rings. The summed E-state index contributed by atoms with van der Waals surface area (Å²) in [5, 5.41) is 12.0. The molecule has 2 rings (SSSR count). The lowest BCUT2D eigenvalue weighted by Gasteiger charge is -2.18. The van der Waals surface area contributed by atoms with Gasteiger partial charge in [-0.2, -0.15) is 0 Å². The molecule has 1 aromatic heterocycles. The third-order valence-electron chi connectivity index (χ3n) is 3.99. The second kappa shape index (κ2) is 7.92. The van der Waals surface area contributed by atoms with Gasteiger partial charge in [0.15, 0.2) is 11.7 Å². The van der Waals surface area contributed by atoms with Crippen LogP contribution in [0.3, 0.4) is 0 Å². The number of aliphatic hydroxyl groups excluding tert-OH is 1. The fraction of sp³-hybridized carbons (Fsp3) is 0.444. The summed E-state index contributed by atoms with van der Waals surface area (Å²) in [6.07, 6.45) is 2.46. The molecule has 2 atom stereocenters. The van der Waals surface area contributed by atoms with Crippen LogP contribution in [0.25, 0.3) is 11.3 Å². The fourth-order valence-electron chi connectivity index (χ4n) is 2.12. The monoisotopic (exact) mass is 316 g/mol. The van der Waals surface area contributed by atoms with Crippen LogP contribution < -0.4 is 5.32 Å². The maximum atomic E-state index is 11.9. The molecule has 0 saturated heterocycles. The number of benzene rings is 1. The van der Waals surface area contributed by atoms with E-state index in [2.05, 4.69) is 10.3 Å². The Hall–Kier alpha value is -2.14. The van der Waals surface area contributed by atoms with Crippen LogP contribution in [0.1, 0.15) is 31.7 Å². The Morgan fingerprint density at radius 1 is 1.30 bits per heavy atom. The third-order valence-corrected chi connectivity index (χ3v) is 3.99. The van der Waals surface area contributed by atoms with Gasteiger partial charge in [0.05, 0.1) is 6.20 Å². The molecular weight excluding hydrogens is 292 g/mol. The van der Waals surface area contributed by atoms with Gasteiger partial charge in [-0.3, -0.25) is 4.79 Å². The number of nitrogens with zero attached hydrogens (tertiary/aromatic N) is 1. The average molecular weight is 316 g/mol. The van der Waals surface area contributed by atoms with E-state index in [1.54, 1.807) is 6.20 Å². The van der Waals surface area contributed by atoms with Gasteiger partial charge in [0, 0.05) is 31.1 Å². The van der Waals surface area contributed by atoms with Gasteiger partial charge in [-0.25, -0.2) is 4.98 Å². The third kappa shape index (κ3) is 4.93. The van der Waals surface area contributed by atoms with E-state index >= 15 is 0 Å². The van der Waals surface area contributed by atoms with Crippen molar-refractivity contribution < 1.29 is 14.3 Å². The predicted octanol–water partition coefficient (Wildman–Crippen LogP) is 2.72. The van der Waals surface area contributed by atoms with Crippen molar-refractivity contribution >= 4 is 5.91 Å². The molecule has 0 aliphatic heterocycles. The highest BCUT2D eigenvalue weighted by molar-refractivity contribution is 5.76. The highest BCUT2D eigenvalue weighted by Crippen LogP contribution is 2.21. The summed E-state index contributed by atoms with van der Waals surface area (Å²) in [7, 11) is 0. The van der Waals surface area contributed by atoms with E-state index in [-0.39, 0.29) is 24.5 Å². The molecule has 5 heteroatoms. The number of carbonyl (C=O) groups is 1.